The van der Waals surface area contributed by atoms with Gasteiger partial charge in [0.25, 0.3) is 0 Å². The van der Waals surface area contributed by atoms with Gasteiger partial charge in [0.05, 0.1) is 6.10 Å². The zero-order valence-electron chi connectivity index (χ0n) is 12.0. The molecule has 2 aliphatic carbocycles. The third-order valence-corrected chi connectivity index (χ3v) is 4.17. The maximum Gasteiger partial charge on any atom is 0.191 e. The lowest BCUT2D eigenvalue weighted by atomic mass is 10.1. The molecule has 0 spiro atoms. The van der Waals surface area contributed by atoms with E-state index in [1.807, 2.05) is 42.5 Å². The number of Topliss-reactive ketones (excluding diaryl/α,β-unsaturated/α-hetero) is 1. The van der Waals surface area contributed by atoms with Crippen molar-refractivity contribution in [2.24, 2.45) is 0 Å². The highest BCUT2D eigenvalue weighted by atomic mass is 16.3. The van der Waals surface area contributed by atoms with Crippen LogP contribution in [0.5, 0.6) is 0 Å². The van der Waals surface area contributed by atoms with Crippen molar-refractivity contribution >= 4 is 5.78 Å². The average Bonchev–Trinajstić information content (AvgIpc) is 2.98. The fraction of sp³-hybridized carbons (Fsp3) is 0.278. The third kappa shape index (κ3) is 2.68. The number of hydrogen-bond donors (Lipinski definition) is 3. The van der Waals surface area contributed by atoms with Gasteiger partial charge in [0.2, 0.25) is 0 Å². The molecule has 3 atom stereocenters. The van der Waals surface area contributed by atoms with E-state index in [-0.39, 0.29) is 5.78 Å². The van der Waals surface area contributed by atoms with Gasteiger partial charge in [0.1, 0.15) is 12.2 Å². The van der Waals surface area contributed by atoms with Crippen LogP contribution in [-0.4, -0.2) is 33.3 Å². The van der Waals surface area contributed by atoms with Crippen molar-refractivity contribution in [1.82, 2.24) is 0 Å². The molecule has 0 fully saturated rings. The number of hydrogen-bond acceptors (Lipinski definition) is 4. The second-order valence-electron chi connectivity index (χ2n) is 5.66. The van der Waals surface area contributed by atoms with Gasteiger partial charge in [-0.1, -0.05) is 48.5 Å². The zero-order valence-corrected chi connectivity index (χ0v) is 12.0. The number of rotatable bonds is 0. The Morgan fingerprint density at radius 1 is 0.818 bits per heavy atom. The van der Waals surface area contributed by atoms with Crippen LogP contribution in [0, 0.1) is 0 Å². The monoisotopic (exact) mass is 298 g/mol. The summed E-state index contributed by atoms with van der Waals surface area (Å²) >= 11 is 0. The van der Waals surface area contributed by atoms with Crippen molar-refractivity contribution in [1.29, 1.82) is 0 Å². The van der Waals surface area contributed by atoms with E-state index in [2.05, 4.69) is 0 Å². The molecule has 2 aliphatic rings. The van der Waals surface area contributed by atoms with Gasteiger partial charge >= 0.3 is 0 Å². The van der Waals surface area contributed by atoms with E-state index in [4.69, 9.17) is 5.11 Å². The van der Waals surface area contributed by atoms with Gasteiger partial charge in [-0.2, -0.15) is 0 Å². The maximum absolute atomic E-state index is 11.1. The lowest BCUT2D eigenvalue weighted by Gasteiger charge is -2.06. The molecule has 0 amide bonds. The Bertz CT molecular complexity index is 695. The van der Waals surface area contributed by atoms with Crippen LogP contribution in [0.15, 0.2) is 48.5 Å². The predicted octanol–water partition coefficient (Wildman–Crippen LogP) is 1.42. The molecule has 1 unspecified atom stereocenters. The summed E-state index contributed by atoms with van der Waals surface area (Å²) in [6.07, 6.45) is -1.02. The Kier molecular flexibility index (Phi) is 4.07. The summed E-state index contributed by atoms with van der Waals surface area (Å²) in [5.74, 6) is -0.138. The van der Waals surface area contributed by atoms with Gasteiger partial charge in [-0.3, -0.25) is 4.79 Å². The first kappa shape index (κ1) is 14.9. The fourth-order valence-electron chi connectivity index (χ4n) is 2.97. The van der Waals surface area contributed by atoms with E-state index < -0.39 is 18.3 Å². The Labute approximate surface area is 128 Å². The highest BCUT2D eigenvalue weighted by Crippen LogP contribution is 2.30. The van der Waals surface area contributed by atoms with Crippen molar-refractivity contribution in [3.63, 3.8) is 0 Å². The van der Waals surface area contributed by atoms with Crippen LogP contribution in [0.25, 0.3) is 0 Å². The summed E-state index contributed by atoms with van der Waals surface area (Å²) < 4.78 is 0. The molecule has 114 valence electrons. The van der Waals surface area contributed by atoms with Gasteiger partial charge < -0.3 is 15.3 Å². The summed E-state index contributed by atoms with van der Waals surface area (Å²) in [7, 11) is 0. The Balaban J connectivity index is 0.000000131. The molecule has 4 heteroatoms. The minimum Gasteiger partial charge on any atom is -0.390 e. The Morgan fingerprint density at radius 3 is 2.14 bits per heavy atom. The Hall–Kier alpha value is -2.01. The molecular formula is C18H18O4. The number of ketones is 1. The fourth-order valence-corrected chi connectivity index (χ4v) is 2.97. The van der Waals surface area contributed by atoms with Crippen LogP contribution in [0.2, 0.25) is 0 Å². The third-order valence-electron chi connectivity index (χ3n) is 4.17. The minimum atomic E-state index is -0.799. The average molecular weight is 298 g/mol. The van der Waals surface area contributed by atoms with E-state index in [1.165, 1.54) is 0 Å². The molecule has 0 saturated carbocycles. The van der Waals surface area contributed by atoms with Crippen molar-refractivity contribution < 1.29 is 20.1 Å². The molecule has 0 bridgehead atoms. The predicted molar refractivity (Wildman–Crippen MR) is 81.6 cm³/mol. The van der Waals surface area contributed by atoms with Gasteiger partial charge in [-0.05, 0) is 16.7 Å². The quantitative estimate of drug-likeness (QED) is 0.687. The van der Waals surface area contributed by atoms with Crippen molar-refractivity contribution in [2.45, 2.75) is 31.2 Å². The molecule has 4 nitrogen and oxygen atoms in total. The van der Waals surface area contributed by atoms with E-state index >= 15 is 0 Å². The summed E-state index contributed by atoms with van der Waals surface area (Å²) in [4.78, 5) is 11.1. The molecule has 2 aromatic carbocycles. The van der Waals surface area contributed by atoms with Gasteiger partial charge in [0, 0.05) is 18.4 Å². The van der Waals surface area contributed by atoms with Gasteiger partial charge in [-0.25, -0.2) is 0 Å². The Morgan fingerprint density at radius 2 is 1.45 bits per heavy atom. The smallest absolute Gasteiger partial charge is 0.191 e. The number of carbonyl (C=O) groups is 1. The molecule has 2 aromatic rings. The van der Waals surface area contributed by atoms with E-state index in [0.29, 0.717) is 18.4 Å². The summed E-state index contributed by atoms with van der Waals surface area (Å²) in [6.45, 7) is 0. The second-order valence-corrected chi connectivity index (χ2v) is 5.66. The molecule has 0 saturated heterocycles. The molecule has 4 rings (SSSR count). The molecule has 22 heavy (non-hydrogen) atoms. The van der Waals surface area contributed by atoms with E-state index in [1.54, 1.807) is 6.07 Å². The lowest BCUT2D eigenvalue weighted by molar-refractivity contribution is 0.0326. The second kappa shape index (κ2) is 6.01. The van der Waals surface area contributed by atoms with Crippen LogP contribution in [0.3, 0.4) is 0 Å². The first-order valence-corrected chi connectivity index (χ1v) is 7.32. The SMILES string of the molecule is O=C1c2ccccc2CC1O.O[C@@H]1Cc2ccccc2[C@@H]1O. The molecule has 0 aromatic heterocycles. The number of fused-ring (bicyclic) bond motifs is 2. The number of benzene rings is 2. The molecule has 0 heterocycles. The first-order valence-electron chi connectivity index (χ1n) is 7.32. The van der Waals surface area contributed by atoms with E-state index in [9.17, 15) is 15.0 Å². The molecular weight excluding hydrogens is 280 g/mol. The zero-order chi connectivity index (χ0) is 15.7. The normalized spacial score (nSPS) is 25.2. The molecule has 0 aliphatic heterocycles. The number of aliphatic hydroxyl groups excluding tert-OH is 3. The molecule has 3 N–H and O–H groups in total. The summed E-state index contributed by atoms with van der Waals surface area (Å²) in [6, 6.07) is 14.9. The van der Waals surface area contributed by atoms with Crippen LogP contribution < -0.4 is 0 Å². The number of carbonyl (C=O) groups excluding carboxylic acids is 1. The minimum absolute atomic E-state index is 0.138. The molecule has 0 radical (unpaired) electrons. The van der Waals surface area contributed by atoms with Crippen LogP contribution >= 0.6 is 0 Å². The van der Waals surface area contributed by atoms with Gasteiger partial charge in [-0.15, -0.1) is 0 Å². The standard InChI is InChI=1S/C9H10O2.C9H8O2/c2*10-8-5-6-3-1-2-4-7(6)9(8)11/h1-4,8-11H,5H2;1-4,8,10H,5H2/t8-,9+;/m1./s1. The van der Waals surface area contributed by atoms with Crippen LogP contribution in [0.1, 0.15) is 33.2 Å². The van der Waals surface area contributed by atoms with Crippen molar-refractivity contribution in [3.8, 4) is 0 Å². The summed E-state index contributed by atoms with van der Waals surface area (Å²) in [5, 5.41) is 27.8. The lowest BCUT2D eigenvalue weighted by Crippen LogP contribution is -2.13. The first-order chi connectivity index (χ1) is 10.6. The van der Waals surface area contributed by atoms with Crippen LogP contribution in [-0.2, 0) is 12.8 Å². The topological polar surface area (TPSA) is 77.8 Å². The van der Waals surface area contributed by atoms with Crippen molar-refractivity contribution in [3.05, 3.63) is 70.8 Å². The van der Waals surface area contributed by atoms with Gasteiger partial charge in [0.15, 0.2) is 5.78 Å². The largest absolute Gasteiger partial charge is 0.390 e. The maximum atomic E-state index is 11.1. The van der Waals surface area contributed by atoms with Crippen molar-refractivity contribution in [2.75, 3.05) is 0 Å². The highest BCUT2D eigenvalue weighted by Gasteiger charge is 2.28. The number of aliphatic hydroxyl groups is 3. The summed E-state index contributed by atoms with van der Waals surface area (Å²) in [5.41, 5.74) is 3.58. The van der Waals surface area contributed by atoms with Crippen LogP contribution in [0.4, 0.5) is 0 Å². The highest BCUT2D eigenvalue weighted by molar-refractivity contribution is 6.03. The van der Waals surface area contributed by atoms with E-state index in [0.717, 1.165) is 16.7 Å².